The van der Waals surface area contributed by atoms with Gasteiger partial charge in [-0.3, -0.25) is 0 Å². The van der Waals surface area contributed by atoms with Gasteiger partial charge in [0.15, 0.2) is 9.84 Å². The van der Waals surface area contributed by atoms with Crippen LogP contribution in [-0.4, -0.2) is 37.8 Å². The number of aliphatic carboxylic acids is 1. The zero-order valence-electron chi connectivity index (χ0n) is 9.01. The molecule has 0 aromatic rings. The van der Waals surface area contributed by atoms with Crippen molar-refractivity contribution in [3.05, 3.63) is 23.1 Å². The van der Waals surface area contributed by atoms with Crippen molar-refractivity contribution in [1.82, 2.24) is 5.32 Å². The van der Waals surface area contributed by atoms with Crippen molar-refractivity contribution < 1.29 is 18.3 Å². The molecule has 0 radical (unpaired) electrons. The lowest BCUT2D eigenvalue weighted by Crippen LogP contribution is -2.30. The van der Waals surface area contributed by atoms with E-state index in [9.17, 15) is 13.2 Å². The number of carbonyl (C=O) groups is 1. The average Bonchev–Trinajstić information content (AvgIpc) is 2.52. The summed E-state index contributed by atoms with van der Waals surface area (Å²) >= 11 is 0. The largest absolute Gasteiger partial charge is 0.478 e. The van der Waals surface area contributed by atoms with E-state index in [2.05, 4.69) is 5.32 Å². The molecular formula is C10H15NO4S. The number of sulfone groups is 1. The Labute approximate surface area is 94.8 Å². The van der Waals surface area contributed by atoms with Gasteiger partial charge in [-0.15, -0.1) is 0 Å². The molecule has 0 fully saturated rings. The van der Waals surface area contributed by atoms with Crippen LogP contribution in [0.4, 0.5) is 0 Å². The molecule has 0 aliphatic carbocycles. The molecule has 1 atom stereocenters. The lowest BCUT2D eigenvalue weighted by Gasteiger charge is -2.07. The van der Waals surface area contributed by atoms with Gasteiger partial charge < -0.3 is 10.4 Å². The maximum atomic E-state index is 11.1. The van der Waals surface area contributed by atoms with Crippen molar-refractivity contribution >= 4 is 15.8 Å². The van der Waals surface area contributed by atoms with Crippen LogP contribution in [-0.2, 0) is 14.6 Å². The Hall–Kier alpha value is -1.14. The zero-order valence-corrected chi connectivity index (χ0v) is 9.83. The van der Waals surface area contributed by atoms with Crippen molar-refractivity contribution in [3.8, 4) is 0 Å². The second-order valence-corrected chi connectivity index (χ2v) is 5.49. The minimum atomic E-state index is -3.05. The molecule has 1 aliphatic heterocycles. The van der Waals surface area contributed by atoms with E-state index in [0.29, 0.717) is 18.5 Å². The molecule has 0 saturated heterocycles. The monoisotopic (exact) mass is 245 g/mol. The third-order valence-corrected chi connectivity index (χ3v) is 3.71. The first-order valence-electron chi connectivity index (χ1n) is 5.01. The fraction of sp³-hybridized carbons (Fsp3) is 0.500. The summed E-state index contributed by atoms with van der Waals surface area (Å²) in [6.45, 7) is 2.12. The third kappa shape index (κ3) is 3.79. The van der Waals surface area contributed by atoms with Gasteiger partial charge in [-0.2, -0.15) is 0 Å². The fourth-order valence-electron chi connectivity index (χ4n) is 1.42. The second kappa shape index (κ2) is 5.27. The van der Waals surface area contributed by atoms with Gasteiger partial charge >= 0.3 is 5.97 Å². The summed E-state index contributed by atoms with van der Waals surface area (Å²) in [6.07, 6.45) is 3.60. The first kappa shape index (κ1) is 12.9. The lowest BCUT2D eigenvalue weighted by atomic mass is 10.2. The summed E-state index contributed by atoms with van der Waals surface area (Å²) in [5, 5.41) is 12.9. The molecule has 1 aliphatic rings. The molecule has 0 bridgehead atoms. The highest BCUT2D eigenvalue weighted by Crippen LogP contribution is 2.07. The molecule has 1 heterocycles. The third-order valence-electron chi connectivity index (χ3n) is 2.31. The molecule has 16 heavy (non-hydrogen) atoms. The van der Waals surface area contributed by atoms with Crippen LogP contribution in [0.25, 0.3) is 0 Å². The normalized spacial score (nSPS) is 23.6. The summed E-state index contributed by atoms with van der Waals surface area (Å²) in [5.74, 6) is -0.881. The molecule has 1 rings (SSSR count). The number of hydrogen-bond acceptors (Lipinski definition) is 4. The van der Waals surface area contributed by atoms with E-state index in [1.165, 1.54) is 5.41 Å². The summed E-state index contributed by atoms with van der Waals surface area (Å²) < 4.78 is 22.1. The van der Waals surface area contributed by atoms with Crippen molar-refractivity contribution in [3.63, 3.8) is 0 Å². The van der Waals surface area contributed by atoms with Gasteiger partial charge in [-0.1, -0.05) is 19.1 Å². The summed E-state index contributed by atoms with van der Waals surface area (Å²) in [5.41, 5.74) is 0.331. The van der Waals surface area contributed by atoms with Crippen molar-refractivity contribution in [2.45, 2.75) is 19.4 Å². The highest BCUT2D eigenvalue weighted by Gasteiger charge is 2.20. The van der Waals surface area contributed by atoms with Gasteiger partial charge in [-0.25, -0.2) is 13.2 Å². The Kier molecular flexibility index (Phi) is 4.26. The quantitative estimate of drug-likeness (QED) is 0.681. The van der Waals surface area contributed by atoms with Crippen LogP contribution in [0.2, 0.25) is 0 Å². The molecule has 2 N–H and O–H groups in total. The maximum absolute atomic E-state index is 11.1. The first-order chi connectivity index (χ1) is 7.44. The number of carboxylic acid groups (broad SMARTS) is 1. The predicted molar refractivity (Wildman–Crippen MR) is 60.7 cm³/mol. The Balaban J connectivity index is 2.43. The topological polar surface area (TPSA) is 83.5 Å². The summed E-state index contributed by atoms with van der Waals surface area (Å²) in [7, 11) is -3.05. The van der Waals surface area contributed by atoms with Crippen LogP contribution in [0, 0.1) is 0 Å². The second-order valence-electron chi connectivity index (χ2n) is 3.56. The molecule has 0 aromatic carbocycles. The highest BCUT2D eigenvalue weighted by atomic mass is 32.2. The summed E-state index contributed by atoms with van der Waals surface area (Å²) in [6, 6.07) is -0.215. The number of hydrogen-bond donors (Lipinski definition) is 2. The predicted octanol–water partition coefficient (Wildman–Crippen LogP) is 0.308. The van der Waals surface area contributed by atoms with Crippen molar-refractivity contribution in [1.29, 1.82) is 0 Å². The fourth-order valence-corrected chi connectivity index (χ4v) is 2.69. The Morgan fingerprint density at radius 3 is 2.75 bits per heavy atom. The minimum Gasteiger partial charge on any atom is -0.478 e. The van der Waals surface area contributed by atoms with Gasteiger partial charge in [0.25, 0.3) is 0 Å². The molecule has 0 amide bonds. The molecule has 0 aromatic heterocycles. The van der Waals surface area contributed by atoms with Gasteiger partial charge in [0, 0.05) is 23.6 Å². The SMILES string of the molecule is CC/C(=C/CNC1C=CS(=O)(=O)C1)C(=O)O. The van der Waals surface area contributed by atoms with E-state index in [-0.39, 0.29) is 11.8 Å². The van der Waals surface area contributed by atoms with E-state index in [0.717, 1.165) is 0 Å². The standard InChI is InChI=1S/C10H15NO4S/c1-2-8(10(12)13)3-5-11-9-4-6-16(14,15)7-9/h3-4,6,9,11H,2,5,7H2,1H3,(H,12,13)/b8-3-. The first-order valence-corrected chi connectivity index (χ1v) is 6.73. The van der Waals surface area contributed by atoms with Crippen LogP contribution < -0.4 is 5.32 Å². The molecular weight excluding hydrogens is 230 g/mol. The van der Waals surface area contributed by atoms with E-state index in [4.69, 9.17) is 5.11 Å². The van der Waals surface area contributed by atoms with Crippen LogP contribution in [0.3, 0.4) is 0 Å². The molecule has 0 saturated carbocycles. The number of carboxylic acids is 1. The van der Waals surface area contributed by atoms with Gasteiger partial charge in [0.1, 0.15) is 0 Å². The van der Waals surface area contributed by atoms with Gasteiger partial charge in [0.2, 0.25) is 0 Å². The van der Waals surface area contributed by atoms with Crippen LogP contribution in [0.15, 0.2) is 23.1 Å². The van der Waals surface area contributed by atoms with E-state index in [1.807, 2.05) is 0 Å². The lowest BCUT2D eigenvalue weighted by molar-refractivity contribution is -0.132. The average molecular weight is 245 g/mol. The van der Waals surface area contributed by atoms with Crippen LogP contribution in [0.1, 0.15) is 13.3 Å². The van der Waals surface area contributed by atoms with E-state index in [1.54, 1.807) is 19.1 Å². The number of rotatable bonds is 5. The molecule has 90 valence electrons. The van der Waals surface area contributed by atoms with E-state index >= 15 is 0 Å². The molecule has 0 spiro atoms. The zero-order chi connectivity index (χ0) is 12.2. The molecule has 5 nitrogen and oxygen atoms in total. The Morgan fingerprint density at radius 2 is 2.31 bits per heavy atom. The minimum absolute atomic E-state index is 0.0510. The molecule has 6 heteroatoms. The Bertz CT molecular complexity index is 422. The smallest absolute Gasteiger partial charge is 0.331 e. The summed E-state index contributed by atoms with van der Waals surface area (Å²) in [4.78, 5) is 10.7. The van der Waals surface area contributed by atoms with Gasteiger partial charge in [-0.05, 0) is 6.42 Å². The maximum Gasteiger partial charge on any atom is 0.331 e. The number of nitrogens with one attached hydrogen (secondary N) is 1. The molecule has 1 unspecified atom stereocenters. The van der Waals surface area contributed by atoms with Crippen LogP contribution >= 0.6 is 0 Å². The van der Waals surface area contributed by atoms with Crippen LogP contribution in [0.5, 0.6) is 0 Å². The van der Waals surface area contributed by atoms with Crippen molar-refractivity contribution in [2.75, 3.05) is 12.3 Å². The van der Waals surface area contributed by atoms with Gasteiger partial charge in [0.05, 0.1) is 5.75 Å². The highest BCUT2D eigenvalue weighted by molar-refractivity contribution is 7.94. The van der Waals surface area contributed by atoms with Crippen molar-refractivity contribution in [2.24, 2.45) is 0 Å². The Morgan fingerprint density at radius 1 is 1.62 bits per heavy atom. The van der Waals surface area contributed by atoms with E-state index < -0.39 is 15.8 Å².